The lowest BCUT2D eigenvalue weighted by molar-refractivity contribution is -0.141. The molecule has 196 valence electrons. The van der Waals surface area contributed by atoms with Crippen LogP contribution in [0, 0.1) is 0 Å². The van der Waals surface area contributed by atoms with Crippen LogP contribution in [0.4, 0.5) is 19.0 Å². The molecule has 38 heavy (non-hydrogen) atoms. The van der Waals surface area contributed by atoms with Gasteiger partial charge in [0.05, 0.1) is 17.5 Å². The van der Waals surface area contributed by atoms with Crippen molar-refractivity contribution >= 4 is 23.2 Å². The standard InChI is InChI=1S/C24H22F3N9O2/c1-11(37)18-19(13-6-14-3-4-15(7-13)35(14)23(38)21-30-10-31-34-21)33-22-16(9-32-36(22)20(18)28)12-2-5-17(29-8-12)24(25,26)27/h2,5,8-10,13-15H,3-4,6-7,28H2,1H3,(H,30,31,34)/t13-,14-,15+. The SMILES string of the molecule is CC(=O)c1c([C@@H]2C[C@H]3CC[C@@H](C2)N3C(=O)c2nnc[nH]2)nc2c(-c3ccc(C(F)(F)F)nc3)cnn2c1N. The fraction of sp³-hybridized carbons (Fsp3) is 0.375. The van der Waals surface area contributed by atoms with Gasteiger partial charge in [0.15, 0.2) is 11.4 Å². The first-order valence-corrected chi connectivity index (χ1v) is 12.0. The average Bonchev–Trinajstić information content (AvgIpc) is 3.61. The molecule has 3 atom stereocenters. The lowest BCUT2D eigenvalue weighted by atomic mass is 9.85. The second-order valence-corrected chi connectivity index (χ2v) is 9.64. The van der Waals surface area contributed by atoms with E-state index in [1.54, 1.807) is 0 Å². The highest BCUT2D eigenvalue weighted by atomic mass is 19.4. The number of hydrogen-bond donors (Lipinski definition) is 2. The van der Waals surface area contributed by atoms with Crippen molar-refractivity contribution in [1.29, 1.82) is 0 Å². The van der Waals surface area contributed by atoms with E-state index in [4.69, 9.17) is 10.7 Å². The number of carbonyl (C=O) groups excluding carboxylic acids is 2. The molecule has 0 radical (unpaired) electrons. The van der Waals surface area contributed by atoms with Crippen molar-refractivity contribution in [3.63, 3.8) is 0 Å². The largest absolute Gasteiger partial charge is 0.433 e. The summed E-state index contributed by atoms with van der Waals surface area (Å²) >= 11 is 0. The van der Waals surface area contributed by atoms with Crippen molar-refractivity contribution in [2.75, 3.05) is 5.73 Å². The maximum Gasteiger partial charge on any atom is 0.433 e. The van der Waals surface area contributed by atoms with Gasteiger partial charge in [-0.1, -0.05) is 6.07 Å². The quantitative estimate of drug-likeness (QED) is 0.386. The number of Topliss-reactive ketones (excluding diaryl/α,β-unsaturated/α-hetero) is 1. The monoisotopic (exact) mass is 525 g/mol. The summed E-state index contributed by atoms with van der Waals surface area (Å²) in [5.74, 6) is -0.353. The second-order valence-electron chi connectivity index (χ2n) is 9.64. The van der Waals surface area contributed by atoms with Gasteiger partial charge in [0.25, 0.3) is 5.91 Å². The van der Waals surface area contributed by atoms with Crippen LogP contribution in [-0.2, 0) is 6.18 Å². The minimum atomic E-state index is -4.56. The zero-order valence-electron chi connectivity index (χ0n) is 20.1. The van der Waals surface area contributed by atoms with Gasteiger partial charge in [0.2, 0.25) is 5.82 Å². The highest BCUT2D eigenvalue weighted by molar-refractivity contribution is 6.00. The molecule has 4 aromatic heterocycles. The molecule has 0 saturated carbocycles. The lowest BCUT2D eigenvalue weighted by Crippen LogP contribution is -2.46. The fourth-order valence-corrected chi connectivity index (χ4v) is 5.78. The van der Waals surface area contributed by atoms with Gasteiger partial charge in [-0.15, -0.1) is 10.2 Å². The number of piperidine rings is 1. The smallest absolute Gasteiger partial charge is 0.383 e. The van der Waals surface area contributed by atoms with E-state index in [0.29, 0.717) is 35.3 Å². The summed E-state index contributed by atoms with van der Waals surface area (Å²) in [6.45, 7) is 1.41. The zero-order valence-corrected chi connectivity index (χ0v) is 20.1. The van der Waals surface area contributed by atoms with Crippen LogP contribution in [0.25, 0.3) is 16.8 Å². The number of hydrogen-bond acceptors (Lipinski definition) is 8. The molecule has 6 heterocycles. The van der Waals surface area contributed by atoms with Crippen LogP contribution in [0.1, 0.15) is 70.9 Å². The van der Waals surface area contributed by atoms with Gasteiger partial charge in [-0.05, 0) is 38.7 Å². The van der Waals surface area contributed by atoms with Crippen molar-refractivity contribution < 1.29 is 22.8 Å². The van der Waals surface area contributed by atoms with Gasteiger partial charge in [0.1, 0.15) is 17.8 Å². The number of nitrogen functional groups attached to an aromatic ring is 1. The van der Waals surface area contributed by atoms with E-state index >= 15 is 0 Å². The van der Waals surface area contributed by atoms with Crippen molar-refractivity contribution in [3.8, 4) is 11.1 Å². The van der Waals surface area contributed by atoms with Gasteiger partial charge < -0.3 is 15.6 Å². The van der Waals surface area contributed by atoms with Crippen molar-refractivity contribution in [1.82, 2.24) is 39.7 Å². The van der Waals surface area contributed by atoms with E-state index in [9.17, 15) is 22.8 Å². The summed E-state index contributed by atoms with van der Waals surface area (Å²) in [6.07, 6.45) is 2.12. The highest BCUT2D eigenvalue weighted by Crippen LogP contribution is 2.45. The van der Waals surface area contributed by atoms with Gasteiger partial charge in [-0.25, -0.2) is 4.98 Å². The van der Waals surface area contributed by atoms with E-state index in [2.05, 4.69) is 25.3 Å². The number of fused-ring (bicyclic) bond motifs is 3. The molecular formula is C24H22F3N9O2. The maximum atomic E-state index is 13.0. The Morgan fingerprint density at radius 2 is 1.87 bits per heavy atom. The molecule has 2 aliphatic heterocycles. The third kappa shape index (κ3) is 3.78. The molecular weight excluding hydrogens is 503 g/mol. The summed E-state index contributed by atoms with van der Waals surface area (Å²) in [7, 11) is 0. The molecule has 0 unspecified atom stereocenters. The Morgan fingerprint density at radius 3 is 2.45 bits per heavy atom. The third-order valence-electron chi connectivity index (χ3n) is 7.40. The van der Waals surface area contributed by atoms with E-state index in [-0.39, 0.29) is 46.9 Å². The van der Waals surface area contributed by atoms with E-state index in [1.807, 2.05) is 4.90 Å². The number of alkyl halides is 3. The summed E-state index contributed by atoms with van der Waals surface area (Å²) < 4.78 is 40.3. The Hall–Kier alpha value is -4.36. The number of nitrogens with two attached hydrogens (primary N) is 1. The van der Waals surface area contributed by atoms with E-state index in [0.717, 1.165) is 25.1 Å². The number of amides is 1. The third-order valence-corrected chi connectivity index (χ3v) is 7.40. The Balaban J connectivity index is 1.39. The molecule has 2 saturated heterocycles. The summed E-state index contributed by atoms with van der Waals surface area (Å²) in [5, 5.41) is 11.8. The first kappa shape index (κ1) is 24.0. The number of anilines is 1. The first-order valence-electron chi connectivity index (χ1n) is 12.0. The number of aromatic nitrogens is 7. The van der Waals surface area contributed by atoms with Crippen molar-refractivity contribution in [3.05, 3.63) is 53.6 Å². The van der Waals surface area contributed by atoms with E-state index in [1.165, 1.54) is 30.0 Å². The molecule has 2 bridgehead atoms. The van der Waals surface area contributed by atoms with Crippen LogP contribution in [0.5, 0.6) is 0 Å². The molecule has 2 aliphatic rings. The number of halogens is 3. The van der Waals surface area contributed by atoms with Crippen molar-refractivity contribution in [2.24, 2.45) is 0 Å². The van der Waals surface area contributed by atoms with E-state index < -0.39 is 11.9 Å². The Bertz CT molecular complexity index is 1530. The average molecular weight is 525 g/mol. The number of nitrogens with one attached hydrogen (secondary N) is 1. The number of aromatic amines is 1. The lowest BCUT2D eigenvalue weighted by Gasteiger charge is -2.38. The number of H-pyrrole nitrogens is 1. The number of pyridine rings is 1. The van der Waals surface area contributed by atoms with Crippen LogP contribution in [0.3, 0.4) is 0 Å². The van der Waals surface area contributed by atoms with Gasteiger partial charge in [-0.2, -0.15) is 22.8 Å². The van der Waals surface area contributed by atoms with Crippen LogP contribution in [-0.4, -0.2) is 63.4 Å². The molecule has 6 rings (SSSR count). The molecule has 1 amide bonds. The predicted molar refractivity (Wildman–Crippen MR) is 127 cm³/mol. The number of carbonyl (C=O) groups is 2. The van der Waals surface area contributed by atoms with Crippen LogP contribution < -0.4 is 5.73 Å². The van der Waals surface area contributed by atoms with Gasteiger partial charge in [-0.3, -0.25) is 14.6 Å². The van der Waals surface area contributed by atoms with Crippen LogP contribution in [0.2, 0.25) is 0 Å². The zero-order chi connectivity index (χ0) is 26.8. The highest BCUT2D eigenvalue weighted by Gasteiger charge is 2.46. The summed E-state index contributed by atoms with van der Waals surface area (Å²) in [4.78, 5) is 38.7. The predicted octanol–water partition coefficient (Wildman–Crippen LogP) is 3.26. The van der Waals surface area contributed by atoms with Crippen LogP contribution in [0.15, 0.2) is 30.9 Å². The molecule has 4 aromatic rings. The first-order chi connectivity index (χ1) is 18.1. The maximum absolute atomic E-state index is 13.0. The summed E-state index contributed by atoms with van der Waals surface area (Å²) in [6, 6.07) is 2.06. The second kappa shape index (κ2) is 8.60. The molecule has 0 aliphatic carbocycles. The Labute approximate surface area is 213 Å². The molecule has 2 fully saturated rings. The van der Waals surface area contributed by atoms with Gasteiger partial charge in [0, 0.05) is 35.3 Å². The van der Waals surface area contributed by atoms with Crippen LogP contribution >= 0.6 is 0 Å². The normalized spacial score (nSPS) is 21.3. The van der Waals surface area contributed by atoms with Gasteiger partial charge >= 0.3 is 6.18 Å². The number of nitrogens with zero attached hydrogens (tertiary/aromatic N) is 7. The summed E-state index contributed by atoms with van der Waals surface area (Å²) in [5.41, 5.74) is 7.32. The molecule has 3 N–H and O–H groups in total. The minimum absolute atomic E-state index is 0.0705. The molecule has 0 spiro atoms. The molecule has 0 aromatic carbocycles. The van der Waals surface area contributed by atoms with Crippen molar-refractivity contribution in [2.45, 2.75) is 56.8 Å². The minimum Gasteiger partial charge on any atom is -0.383 e. The number of ketones is 1. The fourth-order valence-electron chi connectivity index (χ4n) is 5.78. The number of rotatable bonds is 4. The molecule has 14 heteroatoms. The molecule has 11 nitrogen and oxygen atoms in total. The topological polar surface area (TPSA) is 148 Å². The Morgan fingerprint density at radius 1 is 1.13 bits per heavy atom. The Kier molecular flexibility index (Phi) is 5.43.